The van der Waals surface area contributed by atoms with Crippen molar-refractivity contribution in [3.8, 4) is 6.19 Å². The van der Waals surface area contributed by atoms with Crippen LogP contribution in [0.4, 0.5) is 0 Å². The summed E-state index contributed by atoms with van der Waals surface area (Å²) in [5.74, 6) is 0. The zero-order valence-corrected chi connectivity index (χ0v) is 8.10. The standard InChI is InChI=1S/C8H13N3S/c1-12-8(10-7-9)11-5-3-2-4-6-11/h2-6H2,1H3. The largest absolute Gasteiger partial charge is 0.351 e. The van der Waals surface area contributed by atoms with Crippen LogP contribution in [-0.4, -0.2) is 29.4 Å². The van der Waals surface area contributed by atoms with Crippen LogP contribution in [0.2, 0.25) is 0 Å². The first-order valence-corrected chi connectivity index (χ1v) is 5.36. The highest BCUT2D eigenvalue weighted by Gasteiger charge is 2.13. The van der Waals surface area contributed by atoms with Crippen molar-refractivity contribution in [2.75, 3.05) is 19.3 Å². The summed E-state index contributed by atoms with van der Waals surface area (Å²) in [4.78, 5) is 5.97. The van der Waals surface area contributed by atoms with Crippen LogP contribution >= 0.6 is 11.8 Å². The number of aliphatic imine (C=N–C) groups is 1. The van der Waals surface area contributed by atoms with Crippen LogP contribution in [0.5, 0.6) is 0 Å². The highest BCUT2D eigenvalue weighted by atomic mass is 32.2. The number of likely N-dealkylation sites (tertiary alicyclic amines) is 1. The van der Waals surface area contributed by atoms with E-state index >= 15 is 0 Å². The average Bonchev–Trinajstić information content (AvgIpc) is 2.15. The molecule has 0 unspecified atom stereocenters. The minimum absolute atomic E-state index is 0.872. The van der Waals surface area contributed by atoms with Gasteiger partial charge in [0.05, 0.1) is 0 Å². The van der Waals surface area contributed by atoms with Crippen LogP contribution in [0.3, 0.4) is 0 Å². The van der Waals surface area contributed by atoms with Gasteiger partial charge in [0.25, 0.3) is 0 Å². The molecule has 4 heteroatoms. The van der Waals surface area contributed by atoms with E-state index in [0.29, 0.717) is 0 Å². The Hall–Kier alpha value is -0.690. The van der Waals surface area contributed by atoms with Gasteiger partial charge in [-0.2, -0.15) is 5.26 Å². The van der Waals surface area contributed by atoms with E-state index in [9.17, 15) is 0 Å². The van der Waals surface area contributed by atoms with Crippen LogP contribution in [0.15, 0.2) is 4.99 Å². The van der Waals surface area contributed by atoms with Gasteiger partial charge in [0, 0.05) is 13.1 Å². The predicted molar refractivity (Wildman–Crippen MR) is 52.0 cm³/mol. The van der Waals surface area contributed by atoms with Crippen molar-refractivity contribution >= 4 is 16.9 Å². The molecule has 0 atom stereocenters. The van der Waals surface area contributed by atoms with Crippen LogP contribution < -0.4 is 0 Å². The SMILES string of the molecule is CSC(=NC#N)N1CCCCC1. The van der Waals surface area contributed by atoms with Gasteiger partial charge in [-0.25, -0.2) is 0 Å². The number of nitriles is 1. The Morgan fingerprint density at radius 2 is 2.08 bits per heavy atom. The second-order valence-corrected chi connectivity index (χ2v) is 3.52. The molecule has 0 saturated carbocycles. The summed E-state index contributed by atoms with van der Waals surface area (Å²) in [6, 6.07) is 0. The maximum atomic E-state index is 8.42. The highest BCUT2D eigenvalue weighted by Crippen LogP contribution is 2.13. The third-order valence-corrected chi connectivity index (χ3v) is 2.67. The number of hydrogen-bond donors (Lipinski definition) is 0. The number of hydrogen-bond acceptors (Lipinski definition) is 3. The van der Waals surface area contributed by atoms with Gasteiger partial charge in [-0.05, 0) is 25.5 Å². The molecule has 0 N–H and O–H groups in total. The van der Waals surface area contributed by atoms with Gasteiger partial charge in [-0.3, -0.25) is 0 Å². The van der Waals surface area contributed by atoms with Gasteiger partial charge in [0.1, 0.15) is 0 Å². The molecular weight excluding hydrogens is 170 g/mol. The van der Waals surface area contributed by atoms with Gasteiger partial charge < -0.3 is 4.90 Å². The third kappa shape index (κ3) is 2.42. The first-order valence-electron chi connectivity index (χ1n) is 4.14. The minimum Gasteiger partial charge on any atom is -0.351 e. The molecule has 0 bridgehead atoms. The summed E-state index contributed by atoms with van der Waals surface area (Å²) in [6.07, 6.45) is 7.57. The molecule has 1 saturated heterocycles. The van der Waals surface area contributed by atoms with Crippen molar-refractivity contribution in [1.82, 2.24) is 4.90 Å². The maximum absolute atomic E-state index is 8.42. The van der Waals surface area contributed by atoms with E-state index in [2.05, 4.69) is 9.89 Å². The van der Waals surface area contributed by atoms with Crippen molar-refractivity contribution in [3.63, 3.8) is 0 Å². The normalized spacial score (nSPS) is 19.0. The smallest absolute Gasteiger partial charge is 0.208 e. The molecule has 3 nitrogen and oxygen atoms in total. The van der Waals surface area contributed by atoms with Gasteiger partial charge >= 0.3 is 0 Å². The van der Waals surface area contributed by atoms with E-state index in [1.54, 1.807) is 11.8 Å². The van der Waals surface area contributed by atoms with E-state index < -0.39 is 0 Å². The molecule has 66 valence electrons. The van der Waals surface area contributed by atoms with Crippen LogP contribution in [0.1, 0.15) is 19.3 Å². The van der Waals surface area contributed by atoms with E-state index in [1.165, 1.54) is 19.3 Å². The molecule has 0 aromatic rings. The second kappa shape index (κ2) is 5.04. The zero-order valence-electron chi connectivity index (χ0n) is 7.29. The Kier molecular flexibility index (Phi) is 3.95. The molecule has 0 radical (unpaired) electrons. The lowest BCUT2D eigenvalue weighted by Gasteiger charge is -2.27. The summed E-state index contributed by atoms with van der Waals surface area (Å²) in [7, 11) is 0. The zero-order chi connectivity index (χ0) is 8.81. The monoisotopic (exact) mass is 183 g/mol. The summed E-state index contributed by atoms with van der Waals surface area (Å²) in [6.45, 7) is 2.11. The average molecular weight is 183 g/mol. The Morgan fingerprint density at radius 1 is 1.42 bits per heavy atom. The van der Waals surface area contributed by atoms with Gasteiger partial charge in [-0.1, -0.05) is 11.8 Å². The predicted octanol–water partition coefficient (Wildman–Crippen LogP) is 1.67. The van der Waals surface area contributed by atoms with Crippen molar-refractivity contribution in [2.24, 2.45) is 4.99 Å². The highest BCUT2D eigenvalue weighted by molar-refractivity contribution is 8.13. The molecule has 0 spiro atoms. The molecule has 0 aromatic carbocycles. The fraction of sp³-hybridized carbons (Fsp3) is 0.750. The molecule has 0 aromatic heterocycles. The molecule has 1 rings (SSSR count). The molecular formula is C8H13N3S. The van der Waals surface area contributed by atoms with Crippen molar-refractivity contribution in [1.29, 1.82) is 5.26 Å². The Morgan fingerprint density at radius 3 is 2.58 bits per heavy atom. The Bertz CT molecular complexity index is 201. The third-order valence-electron chi connectivity index (χ3n) is 1.95. The summed E-state index contributed by atoms with van der Waals surface area (Å²) in [5.41, 5.74) is 0. The number of piperidine rings is 1. The van der Waals surface area contributed by atoms with Crippen LogP contribution in [-0.2, 0) is 0 Å². The second-order valence-electron chi connectivity index (χ2n) is 2.75. The van der Waals surface area contributed by atoms with Gasteiger partial charge in [0.2, 0.25) is 6.19 Å². The molecule has 0 aliphatic carbocycles. The van der Waals surface area contributed by atoms with Crippen molar-refractivity contribution < 1.29 is 0 Å². The minimum atomic E-state index is 0.872. The van der Waals surface area contributed by atoms with E-state index in [4.69, 9.17) is 5.26 Å². The van der Waals surface area contributed by atoms with E-state index in [-0.39, 0.29) is 0 Å². The summed E-state index contributed by atoms with van der Waals surface area (Å²) < 4.78 is 0. The van der Waals surface area contributed by atoms with Crippen LogP contribution in [0.25, 0.3) is 0 Å². The Balaban J connectivity index is 2.53. The lowest BCUT2D eigenvalue weighted by molar-refractivity contribution is 0.348. The quantitative estimate of drug-likeness (QED) is 0.326. The van der Waals surface area contributed by atoms with E-state index in [0.717, 1.165) is 18.3 Å². The fourth-order valence-corrected chi connectivity index (χ4v) is 1.95. The van der Waals surface area contributed by atoms with Crippen LogP contribution in [0, 0.1) is 11.5 Å². The van der Waals surface area contributed by atoms with Gasteiger partial charge in [-0.15, -0.1) is 4.99 Å². The molecule has 12 heavy (non-hydrogen) atoms. The molecule has 1 aliphatic rings. The molecule has 0 amide bonds. The lowest BCUT2D eigenvalue weighted by atomic mass is 10.1. The van der Waals surface area contributed by atoms with Gasteiger partial charge in [0.15, 0.2) is 5.17 Å². The van der Waals surface area contributed by atoms with Crippen molar-refractivity contribution in [3.05, 3.63) is 0 Å². The molecule has 1 aliphatic heterocycles. The van der Waals surface area contributed by atoms with E-state index in [1.807, 2.05) is 12.4 Å². The van der Waals surface area contributed by atoms with Crippen molar-refractivity contribution in [2.45, 2.75) is 19.3 Å². The summed E-state index contributed by atoms with van der Waals surface area (Å²) in [5, 5.41) is 9.29. The fourth-order valence-electron chi connectivity index (χ4n) is 1.37. The number of thioether (sulfide) groups is 1. The molecule has 1 heterocycles. The number of nitrogens with zero attached hydrogens (tertiary/aromatic N) is 3. The number of amidine groups is 1. The number of rotatable bonds is 0. The molecule has 1 fully saturated rings. The summed E-state index contributed by atoms with van der Waals surface area (Å²) >= 11 is 1.55. The Labute approximate surface area is 77.5 Å². The topological polar surface area (TPSA) is 39.4 Å². The first-order chi connectivity index (χ1) is 5.88. The lowest BCUT2D eigenvalue weighted by Crippen LogP contribution is -2.33. The first kappa shape index (κ1) is 9.40. The maximum Gasteiger partial charge on any atom is 0.208 e.